The van der Waals surface area contributed by atoms with Gasteiger partial charge in [-0.2, -0.15) is 0 Å². The summed E-state index contributed by atoms with van der Waals surface area (Å²) in [5, 5.41) is 0. The van der Waals surface area contributed by atoms with Crippen LogP contribution >= 0.6 is 0 Å². The molecule has 0 N–H and O–H groups in total. The molecule has 0 atom stereocenters. The lowest BCUT2D eigenvalue weighted by molar-refractivity contribution is -0.0292. The second-order valence-electron chi connectivity index (χ2n) is 4.68. The van der Waals surface area contributed by atoms with Crippen LogP contribution < -0.4 is 0 Å². The van der Waals surface area contributed by atoms with Crippen molar-refractivity contribution in [2.75, 3.05) is 6.61 Å². The van der Waals surface area contributed by atoms with E-state index in [4.69, 9.17) is 9.15 Å². The van der Waals surface area contributed by atoms with Gasteiger partial charge in [0.2, 0.25) is 0 Å². The molecule has 0 aromatic carbocycles. The molecule has 1 fully saturated rings. The summed E-state index contributed by atoms with van der Waals surface area (Å²) in [6.45, 7) is 2.54. The first-order chi connectivity index (χ1) is 8.28. The van der Waals surface area contributed by atoms with Gasteiger partial charge in [-0.05, 0) is 25.8 Å². The van der Waals surface area contributed by atoms with Crippen molar-refractivity contribution in [1.29, 1.82) is 0 Å². The van der Waals surface area contributed by atoms with Crippen molar-refractivity contribution in [3.05, 3.63) is 24.2 Å². The number of hydrogen-bond acceptors (Lipinski definition) is 3. The Hall–Kier alpha value is -1.09. The Balaban J connectivity index is 2.22. The molecule has 0 radical (unpaired) electrons. The number of ether oxygens (including phenoxy) is 1. The van der Waals surface area contributed by atoms with Crippen molar-refractivity contribution in [2.45, 2.75) is 51.0 Å². The minimum Gasteiger partial charge on any atom is -0.472 e. The Kier molecular flexibility index (Phi) is 4.00. The molecule has 1 saturated carbocycles. The zero-order valence-corrected chi connectivity index (χ0v) is 10.4. The van der Waals surface area contributed by atoms with Gasteiger partial charge in [-0.3, -0.25) is 4.79 Å². The molecule has 94 valence electrons. The van der Waals surface area contributed by atoms with Crippen molar-refractivity contribution in [1.82, 2.24) is 0 Å². The molecule has 1 aliphatic carbocycles. The SMILES string of the molecule is CCOC1(C(=O)c2ccoc2)CCCCCC1. The van der Waals surface area contributed by atoms with E-state index in [-0.39, 0.29) is 5.78 Å². The van der Waals surface area contributed by atoms with Crippen molar-refractivity contribution in [2.24, 2.45) is 0 Å². The van der Waals surface area contributed by atoms with E-state index in [1.807, 2.05) is 6.92 Å². The fourth-order valence-corrected chi connectivity index (χ4v) is 2.67. The fraction of sp³-hybridized carbons (Fsp3) is 0.643. The molecule has 1 aromatic rings. The topological polar surface area (TPSA) is 39.4 Å². The molecule has 0 amide bonds. The molecule has 17 heavy (non-hydrogen) atoms. The van der Waals surface area contributed by atoms with E-state index in [2.05, 4.69) is 0 Å². The van der Waals surface area contributed by atoms with Gasteiger partial charge in [0.15, 0.2) is 5.78 Å². The highest BCUT2D eigenvalue weighted by molar-refractivity contribution is 6.02. The van der Waals surface area contributed by atoms with Gasteiger partial charge in [0, 0.05) is 6.61 Å². The van der Waals surface area contributed by atoms with E-state index in [1.54, 1.807) is 12.3 Å². The van der Waals surface area contributed by atoms with E-state index in [0.29, 0.717) is 12.2 Å². The molecular weight excluding hydrogens is 216 g/mol. The number of rotatable bonds is 4. The maximum absolute atomic E-state index is 12.5. The quantitative estimate of drug-likeness (QED) is 0.592. The van der Waals surface area contributed by atoms with Gasteiger partial charge in [-0.25, -0.2) is 0 Å². The van der Waals surface area contributed by atoms with Crippen molar-refractivity contribution < 1.29 is 13.9 Å². The molecule has 1 aromatic heterocycles. The van der Waals surface area contributed by atoms with E-state index in [0.717, 1.165) is 25.7 Å². The number of Topliss-reactive ketones (excluding diaryl/α,β-unsaturated/α-hetero) is 1. The van der Waals surface area contributed by atoms with Crippen LogP contribution in [0.15, 0.2) is 23.0 Å². The van der Waals surface area contributed by atoms with Gasteiger partial charge in [0.25, 0.3) is 0 Å². The summed E-state index contributed by atoms with van der Waals surface area (Å²) in [6.07, 6.45) is 9.29. The Morgan fingerprint density at radius 1 is 1.35 bits per heavy atom. The Bertz CT molecular complexity index is 346. The van der Waals surface area contributed by atoms with Crippen LogP contribution in [0.2, 0.25) is 0 Å². The first-order valence-corrected chi connectivity index (χ1v) is 6.49. The summed E-state index contributed by atoms with van der Waals surface area (Å²) in [5.74, 6) is 0.0926. The highest BCUT2D eigenvalue weighted by atomic mass is 16.5. The van der Waals surface area contributed by atoms with Crippen LogP contribution in [0.3, 0.4) is 0 Å². The Labute approximate surface area is 102 Å². The van der Waals surface area contributed by atoms with Crippen LogP contribution in [-0.4, -0.2) is 18.0 Å². The lowest BCUT2D eigenvalue weighted by Crippen LogP contribution is -2.41. The third kappa shape index (κ3) is 2.60. The molecule has 3 nitrogen and oxygen atoms in total. The maximum Gasteiger partial charge on any atom is 0.197 e. The molecule has 0 aliphatic heterocycles. The average molecular weight is 236 g/mol. The average Bonchev–Trinajstić information content (AvgIpc) is 2.76. The predicted octanol–water partition coefficient (Wildman–Crippen LogP) is 3.59. The summed E-state index contributed by atoms with van der Waals surface area (Å²) in [4.78, 5) is 12.5. The van der Waals surface area contributed by atoms with Crippen LogP contribution in [-0.2, 0) is 4.74 Å². The van der Waals surface area contributed by atoms with Crippen LogP contribution in [0.25, 0.3) is 0 Å². The number of furan rings is 1. The molecule has 0 spiro atoms. The van der Waals surface area contributed by atoms with E-state index in [1.165, 1.54) is 19.1 Å². The lowest BCUT2D eigenvalue weighted by atomic mass is 9.86. The predicted molar refractivity (Wildman–Crippen MR) is 65.1 cm³/mol. The number of carbonyl (C=O) groups is 1. The first-order valence-electron chi connectivity index (χ1n) is 6.49. The van der Waals surface area contributed by atoms with Crippen molar-refractivity contribution in [3.63, 3.8) is 0 Å². The van der Waals surface area contributed by atoms with Gasteiger partial charge < -0.3 is 9.15 Å². The summed E-state index contributed by atoms with van der Waals surface area (Å²) >= 11 is 0. The summed E-state index contributed by atoms with van der Waals surface area (Å²) < 4.78 is 10.8. The third-order valence-corrected chi connectivity index (χ3v) is 3.53. The zero-order chi connectivity index (χ0) is 12.1. The maximum atomic E-state index is 12.5. The molecule has 1 aliphatic rings. The summed E-state index contributed by atoms with van der Waals surface area (Å²) in [5.41, 5.74) is 0.0372. The Morgan fingerprint density at radius 3 is 2.59 bits per heavy atom. The van der Waals surface area contributed by atoms with Crippen LogP contribution in [0.1, 0.15) is 55.8 Å². The van der Waals surface area contributed by atoms with Gasteiger partial charge in [-0.1, -0.05) is 25.7 Å². The molecule has 1 heterocycles. The van der Waals surface area contributed by atoms with Gasteiger partial charge in [0.05, 0.1) is 11.8 Å². The van der Waals surface area contributed by atoms with Crippen LogP contribution in [0.4, 0.5) is 0 Å². The minimum absolute atomic E-state index is 0.0926. The second-order valence-corrected chi connectivity index (χ2v) is 4.68. The van der Waals surface area contributed by atoms with E-state index in [9.17, 15) is 4.79 Å². The van der Waals surface area contributed by atoms with E-state index < -0.39 is 5.60 Å². The summed E-state index contributed by atoms with van der Waals surface area (Å²) in [7, 11) is 0. The lowest BCUT2D eigenvalue weighted by Gasteiger charge is -2.30. The Morgan fingerprint density at radius 2 is 2.06 bits per heavy atom. The molecule has 0 saturated heterocycles. The standard InChI is InChI=1S/C14H20O3/c1-2-17-14(8-5-3-4-6-9-14)13(15)12-7-10-16-11-12/h7,10-11H,2-6,8-9H2,1H3. The number of hydrogen-bond donors (Lipinski definition) is 0. The molecule has 2 rings (SSSR count). The second kappa shape index (κ2) is 5.50. The number of ketones is 1. The molecule has 3 heteroatoms. The largest absolute Gasteiger partial charge is 0.472 e. The highest BCUT2D eigenvalue weighted by Crippen LogP contribution is 2.33. The van der Waals surface area contributed by atoms with Gasteiger partial charge in [0.1, 0.15) is 11.9 Å². The number of carbonyl (C=O) groups excluding carboxylic acids is 1. The first kappa shape index (κ1) is 12.4. The molecule has 0 bridgehead atoms. The molecule has 0 unspecified atom stereocenters. The van der Waals surface area contributed by atoms with Crippen LogP contribution in [0, 0.1) is 0 Å². The molecular formula is C14H20O3. The zero-order valence-electron chi connectivity index (χ0n) is 10.4. The monoisotopic (exact) mass is 236 g/mol. The normalized spacial score (nSPS) is 19.8. The fourth-order valence-electron chi connectivity index (χ4n) is 2.67. The van der Waals surface area contributed by atoms with Crippen LogP contribution in [0.5, 0.6) is 0 Å². The van der Waals surface area contributed by atoms with E-state index >= 15 is 0 Å². The van der Waals surface area contributed by atoms with Gasteiger partial charge >= 0.3 is 0 Å². The van der Waals surface area contributed by atoms with Gasteiger partial charge in [-0.15, -0.1) is 0 Å². The summed E-state index contributed by atoms with van der Waals surface area (Å²) in [6, 6.07) is 1.73. The minimum atomic E-state index is -0.602. The highest BCUT2D eigenvalue weighted by Gasteiger charge is 2.40. The van der Waals surface area contributed by atoms with Crippen molar-refractivity contribution >= 4 is 5.78 Å². The smallest absolute Gasteiger partial charge is 0.197 e. The van der Waals surface area contributed by atoms with Crippen molar-refractivity contribution in [3.8, 4) is 0 Å². The third-order valence-electron chi connectivity index (χ3n) is 3.53.